The predicted octanol–water partition coefficient (Wildman–Crippen LogP) is 2.39. The average molecular weight is 210 g/mol. The van der Waals surface area contributed by atoms with Gasteiger partial charge in [0.15, 0.2) is 0 Å². The largest absolute Gasteiger partial charge is 0.375 e. The molecule has 1 rings (SSSR count). The molecule has 2 N–H and O–H groups in total. The molecule has 0 atom stereocenters. The fourth-order valence-corrected chi connectivity index (χ4v) is 1.28. The SMILES string of the molecule is CN(CCC(C)(C)N)c1ccc(F)cc1. The van der Waals surface area contributed by atoms with Crippen LogP contribution in [0.15, 0.2) is 24.3 Å². The van der Waals surface area contributed by atoms with Gasteiger partial charge in [-0.05, 0) is 44.5 Å². The monoisotopic (exact) mass is 210 g/mol. The maximum absolute atomic E-state index is 12.7. The lowest BCUT2D eigenvalue weighted by atomic mass is 10.0. The Kier molecular flexibility index (Phi) is 3.69. The van der Waals surface area contributed by atoms with Gasteiger partial charge in [-0.3, -0.25) is 0 Å². The van der Waals surface area contributed by atoms with Crippen molar-refractivity contribution in [2.45, 2.75) is 25.8 Å². The fraction of sp³-hybridized carbons (Fsp3) is 0.500. The van der Waals surface area contributed by atoms with E-state index in [-0.39, 0.29) is 11.4 Å². The molecule has 84 valence electrons. The maximum atomic E-state index is 12.7. The minimum Gasteiger partial charge on any atom is -0.375 e. The molecule has 1 aromatic carbocycles. The van der Waals surface area contributed by atoms with E-state index in [2.05, 4.69) is 4.90 Å². The van der Waals surface area contributed by atoms with Gasteiger partial charge >= 0.3 is 0 Å². The first-order chi connectivity index (χ1) is 6.88. The first-order valence-corrected chi connectivity index (χ1v) is 5.14. The molecule has 0 aliphatic heterocycles. The van der Waals surface area contributed by atoms with Crippen LogP contribution in [0.5, 0.6) is 0 Å². The minimum absolute atomic E-state index is 0.158. The second-order valence-electron chi connectivity index (χ2n) is 4.64. The molecule has 0 spiro atoms. The van der Waals surface area contributed by atoms with Crippen LogP contribution >= 0.6 is 0 Å². The Bertz CT molecular complexity index is 300. The van der Waals surface area contributed by atoms with E-state index < -0.39 is 0 Å². The molecule has 0 amide bonds. The van der Waals surface area contributed by atoms with Crippen LogP contribution in [-0.4, -0.2) is 19.1 Å². The number of benzene rings is 1. The normalized spacial score (nSPS) is 11.5. The predicted molar refractivity (Wildman–Crippen MR) is 62.6 cm³/mol. The summed E-state index contributed by atoms with van der Waals surface area (Å²) in [5.74, 6) is -0.202. The summed E-state index contributed by atoms with van der Waals surface area (Å²) >= 11 is 0. The zero-order valence-corrected chi connectivity index (χ0v) is 9.63. The van der Waals surface area contributed by atoms with E-state index in [0.29, 0.717) is 0 Å². The highest BCUT2D eigenvalue weighted by Crippen LogP contribution is 2.14. The second kappa shape index (κ2) is 4.62. The van der Waals surface area contributed by atoms with Gasteiger partial charge in [-0.25, -0.2) is 4.39 Å². The Labute approximate surface area is 90.9 Å². The molecule has 0 bridgehead atoms. The number of nitrogens with two attached hydrogens (primary N) is 1. The zero-order chi connectivity index (χ0) is 11.5. The highest BCUT2D eigenvalue weighted by Gasteiger charge is 2.11. The van der Waals surface area contributed by atoms with Crippen molar-refractivity contribution in [2.24, 2.45) is 5.73 Å². The molecule has 0 aliphatic carbocycles. The molecule has 0 heterocycles. The van der Waals surface area contributed by atoms with Crippen molar-refractivity contribution in [3.8, 4) is 0 Å². The van der Waals surface area contributed by atoms with Gasteiger partial charge in [0, 0.05) is 24.8 Å². The average Bonchev–Trinajstić information content (AvgIpc) is 2.14. The van der Waals surface area contributed by atoms with Crippen LogP contribution in [0.25, 0.3) is 0 Å². The fourth-order valence-electron chi connectivity index (χ4n) is 1.28. The van der Waals surface area contributed by atoms with E-state index in [1.165, 1.54) is 12.1 Å². The van der Waals surface area contributed by atoms with Crippen LogP contribution in [0.3, 0.4) is 0 Å². The molecule has 0 aliphatic rings. The van der Waals surface area contributed by atoms with Gasteiger partial charge in [0.25, 0.3) is 0 Å². The number of halogens is 1. The van der Waals surface area contributed by atoms with E-state index in [0.717, 1.165) is 18.7 Å². The molecule has 1 aromatic rings. The first kappa shape index (κ1) is 12.0. The van der Waals surface area contributed by atoms with Crippen LogP contribution in [0.2, 0.25) is 0 Å². The third kappa shape index (κ3) is 4.30. The number of hydrogen-bond donors (Lipinski definition) is 1. The standard InChI is InChI=1S/C12H19FN2/c1-12(2,14)8-9-15(3)11-6-4-10(13)5-7-11/h4-7H,8-9,14H2,1-3H3. The Balaban J connectivity index is 2.54. The van der Waals surface area contributed by atoms with Crippen LogP contribution in [0, 0.1) is 5.82 Å². The highest BCUT2D eigenvalue weighted by molar-refractivity contribution is 5.45. The maximum Gasteiger partial charge on any atom is 0.123 e. The molecule has 2 nitrogen and oxygen atoms in total. The highest BCUT2D eigenvalue weighted by atomic mass is 19.1. The van der Waals surface area contributed by atoms with Crippen LogP contribution in [-0.2, 0) is 0 Å². The van der Waals surface area contributed by atoms with Crippen LogP contribution in [0.4, 0.5) is 10.1 Å². The lowest BCUT2D eigenvalue weighted by Crippen LogP contribution is -2.36. The molecule has 0 radical (unpaired) electrons. The number of nitrogens with zero attached hydrogens (tertiary/aromatic N) is 1. The Morgan fingerprint density at radius 3 is 2.27 bits per heavy atom. The Morgan fingerprint density at radius 1 is 1.27 bits per heavy atom. The third-order valence-corrected chi connectivity index (χ3v) is 2.36. The van der Waals surface area contributed by atoms with Gasteiger partial charge in [-0.2, -0.15) is 0 Å². The van der Waals surface area contributed by atoms with E-state index >= 15 is 0 Å². The van der Waals surface area contributed by atoms with Gasteiger partial charge in [-0.15, -0.1) is 0 Å². The molecule has 0 unspecified atom stereocenters. The summed E-state index contributed by atoms with van der Waals surface area (Å²) in [6.45, 7) is 4.88. The second-order valence-corrected chi connectivity index (χ2v) is 4.64. The van der Waals surface area contributed by atoms with E-state index in [9.17, 15) is 4.39 Å². The summed E-state index contributed by atoms with van der Waals surface area (Å²) in [6.07, 6.45) is 0.904. The summed E-state index contributed by atoms with van der Waals surface area (Å²) < 4.78 is 12.7. The smallest absolute Gasteiger partial charge is 0.123 e. The molecular formula is C12H19FN2. The van der Waals surface area contributed by atoms with Gasteiger partial charge < -0.3 is 10.6 Å². The Morgan fingerprint density at radius 2 is 1.80 bits per heavy atom. The first-order valence-electron chi connectivity index (χ1n) is 5.14. The molecule has 0 saturated carbocycles. The molecule has 0 fully saturated rings. The van der Waals surface area contributed by atoms with E-state index in [1.54, 1.807) is 12.1 Å². The summed E-state index contributed by atoms with van der Waals surface area (Å²) in [5.41, 5.74) is 6.76. The van der Waals surface area contributed by atoms with Gasteiger partial charge in [0.1, 0.15) is 5.82 Å². The van der Waals surface area contributed by atoms with Gasteiger partial charge in [0.05, 0.1) is 0 Å². The lowest BCUT2D eigenvalue weighted by Gasteiger charge is -2.25. The van der Waals surface area contributed by atoms with E-state index in [4.69, 9.17) is 5.73 Å². The van der Waals surface area contributed by atoms with Crippen LogP contribution in [0.1, 0.15) is 20.3 Å². The number of anilines is 1. The van der Waals surface area contributed by atoms with Gasteiger partial charge in [0.2, 0.25) is 0 Å². The minimum atomic E-state index is -0.202. The summed E-state index contributed by atoms with van der Waals surface area (Å²) in [4.78, 5) is 2.08. The molecular weight excluding hydrogens is 191 g/mol. The van der Waals surface area contributed by atoms with Crippen molar-refractivity contribution in [3.63, 3.8) is 0 Å². The van der Waals surface area contributed by atoms with Crippen molar-refractivity contribution < 1.29 is 4.39 Å². The molecule has 3 heteroatoms. The molecule has 15 heavy (non-hydrogen) atoms. The summed E-state index contributed by atoms with van der Waals surface area (Å²) in [5, 5.41) is 0. The Hall–Kier alpha value is -1.09. The van der Waals surface area contributed by atoms with Crippen molar-refractivity contribution in [1.82, 2.24) is 0 Å². The van der Waals surface area contributed by atoms with Crippen molar-refractivity contribution in [2.75, 3.05) is 18.5 Å². The van der Waals surface area contributed by atoms with Crippen molar-refractivity contribution in [1.29, 1.82) is 0 Å². The quantitative estimate of drug-likeness (QED) is 0.826. The third-order valence-electron chi connectivity index (χ3n) is 2.36. The summed E-state index contributed by atoms with van der Waals surface area (Å²) in [6, 6.07) is 6.50. The zero-order valence-electron chi connectivity index (χ0n) is 9.63. The molecule has 0 aromatic heterocycles. The number of hydrogen-bond acceptors (Lipinski definition) is 2. The van der Waals surface area contributed by atoms with Crippen LogP contribution < -0.4 is 10.6 Å². The topological polar surface area (TPSA) is 29.3 Å². The number of rotatable bonds is 4. The van der Waals surface area contributed by atoms with Crippen molar-refractivity contribution >= 4 is 5.69 Å². The van der Waals surface area contributed by atoms with E-state index in [1.807, 2.05) is 20.9 Å². The van der Waals surface area contributed by atoms with Crippen molar-refractivity contribution in [3.05, 3.63) is 30.1 Å². The lowest BCUT2D eigenvalue weighted by molar-refractivity contribution is 0.479. The van der Waals surface area contributed by atoms with Gasteiger partial charge in [-0.1, -0.05) is 0 Å². The molecule has 0 saturated heterocycles. The summed E-state index contributed by atoms with van der Waals surface area (Å²) in [7, 11) is 1.99.